The summed E-state index contributed by atoms with van der Waals surface area (Å²) in [5.41, 5.74) is -1.86. The fourth-order valence-corrected chi connectivity index (χ4v) is 3.20. The first kappa shape index (κ1) is 14.5. The summed E-state index contributed by atoms with van der Waals surface area (Å²) in [5.74, 6) is 0. The normalized spacial score (nSPS) is 12.8. The van der Waals surface area contributed by atoms with Crippen LogP contribution in [0.1, 0.15) is 26.3 Å². The predicted molar refractivity (Wildman–Crippen MR) is 73.7 cm³/mol. The molecule has 1 heterocycles. The molecule has 2 rings (SSSR count). The second-order valence-corrected chi connectivity index (χ2v) is 6.86. The fourth-order valence-electron chi connectivity index (χ4n) is 2.09. The van der Waals surface area contributed by atoms with Gasteiger partial charge in [0.1, 0.15) is 4.90 Å². The molecule has 0 unspecified atom stereocenters. The van der Waals surface area contributed by atoms with Gasteiger partial charge in [0.25, 0.3) is 15.7 Å². The van der Waals surface area contributed by atoms with E-state index in [1.54, 1.807) is 20.8 Å². The van der Waals surface area contributed by atoms with Crippen molar-refractivity contribution in [2.45, 2.75) is 31.1 Å². The van der Waals surface area contributed by atoms with Crippen LogP contribution in [0.4, 0.5) is 0 Å². The van der Waals surface area contributed by atoms with Crippen molar-refractivity contribution in [2.75, 3.05) is 0 Å². The number of nitrogens with one attached hydrogen (secondary N) is 2. The average molecular weight is 298 g/mol. The first-order chi connectivity index (χ1) is 9.01. The minimum absolute atomic E-state index is 0.0550. The zero-order valence-electron chi connectivity index (χ0n) is 11.1. The van der Waals surface area contributed by atoms with Gasteiger partial charge >= 0.3 is 5.69 Å². The van der Waals surface area contributed by atoms with E-state index in [0.29, 0.717) is 5.56 Å². The SMILES string of the molecule is CC(C)(C)c1ccc2[nH]c(=O)[nH]c(=O)c2c1S(=O)(=O)O. The summed E-state index contributed by atoms with van der Waals surface area (Å²) < 4.78 is 32.8. The van der Waals surface area contributed by atoms with Gasteiger partial charge < -0.3 is 4.98 Å². The van der Waals surface area contributed by atoms with Crippen LogP contribution in [0.25, 0.3) is 10.9 Å². The lowest BCUT2D eigenvalue weighted by molar-refractivity contribution is 0.477. The maximum atomic E-state index is 11.9. The molecule has 0 aliphatic rings. The van der Waals surface area contributed by atoms with Crippen molar-refractivity contribution in [1.29, 1.82) is 0 Å². The van der Waals surface area contributed by atoms with Gasteiger partial charge in [-0.05, 0) is 17.0 Å². The number of fused-ring (bicyclic) bond motifs is 1. The first-order valence-electron chi connectivity index (χ1n) is 5.79. The molecule has 0 bridgehead atoms. The summed E-state index contributed by atoms with van der Waals surface area (Å²) in [6, 6.07) is 2.92. The van der Waals surface area contributed by atoms with Gasteiger partial charge in [0.05, 0.1) is 10.9 Å². The van der Waals surface area contributed by atoms with Crippen LogP contribution in [0.3, 0.4) is 0 Å². The van der Waals surface area contributed by atoms with Crippen LogP contribution in [0, 0.1) is 0 Å². The topological polar surface area (TPSA) is 120 Å². The highest BCUT2D eigenvalue weighted by molar-refractivity contribution is 7.86. The second kappa shape index (κ2) is 4.29. The van der Waals surface area contributed by atoms with Gasteiger partial charge in [-0.3, -0.25) is 14.3 Å². The molecular weight excluding hydrogens is 284 g/mol. The molecule has 1 aromatic heterocycles. The Bertz CT molecular complexity index is 900. The third-order valence-electron chi connectivity index (χ3n) is 2.93. The summed E-state index contributed by atoms with van der Waals surface area (Å²) in [6.45, 7) is 5.26. The minimum atomic E-state index is -4.62. The van der Waals surface area contributed by atoms with Crippen LogP contribution < -0.4 is 11.2 Å². The van der Waals surface area contributed by atoms with E-state index in [1.165, 1.54) is 12.1 Å². The van der Waals surface area contributed by atoms with E-state index in [4.69, 9.17) is 0 Å². The quantitative estimate of drug-likeness (QED) is 0.671. The monoisotopic (exact) mass is 298 g/mol. The van der Waals surface area contributed by atoms with Crippen LogP contribution in [0.15, 0.2) is 26.6 Å². The highest BCUT2D eigenvalue weighted by Gasteiger charge is 2.28. The zero-order chi connectivity index (χ0) is 15.3. The molecule has 0 aliphatic heterocycles. The van der Waals surface area contributed by atoms with Crippen LogP contribution in [0.5, 0.6) is 0 Å². The Balaban J connectivity index is 3.16. The molecule has 3 N–H and O–H groups in total. The van der Waals surface area contributed by atoms with E-state index in [2.05, 4.69) is 4.98 Å². The smallest absolute Gasteiger partial charge is 0.307 e. The van der Waals surface area contributed by atoms with Gasteiger partial charge in [0, 0.05) is 0 Å². The molecule has 0 saturated heterocycles. The molecule has 20 heavy (non-hydrogen) atoms. The number of aromatic nitrogens is 2. The summed E-state index contributed by atoms with van der Waals surface area (Å²) >= 11 is 0. The summed E-state index contributed by atoms with van der Waals surface area (Å²) in [7, 11) is -4.62. The second-order valence-electron chi connectivity index (χ2n) is 5.50. The molecule has 7 nitrogen and oxygen atoms in total. The van der Waals surface area contributed by atoms with Crippen LogP contribution in [0.2, 0.25) is 0 Å². The fraction of sp³-hybridized carbons (Fsp3) is 0.333. The Hall–Kier alpha value is -1.93. The Morgan fingerprint density at radius 1 is 1.10 bits per heavy atom. The van der Waals surface area contributed by atoms with E-state index < -0.39 is 31.7 Å². The van der Waals surface area contributed by atoms with Crippen molar-refractivity contribution in [3.05, 3.63) is 38.5 Å². The van der Waals surface area contributed by atoms with E-state index >= 15 is 0 Å². The Kier molecular flexibility index (Phi) is 3.10. The molecule has 2 aromatic rings. The highest BCUT2D eigenvalue weighted by Crippen LogP contribution is 2.32. The van der Waals surface area contributed by atoms with Gasteiger partial charge in [-0.2, -0.15) is 8.42 Å². The van der Waals surface area contributed by atoms with Gasteiger partial charge in [0.15, 0.2) is 0 Å². The number of hydrogen-bond donors (Lipinski definition) is 3. The van der Waals surface area contributed by atoms with Crippen LogP contribution >= 0.6 is 0 Å². The molecule has 0 aliphatic carbocycles. The third-order valence-corrected chi connectivity index (χ3v) is 3.87. The molecule has 0 radical (unpaired) electrons. The molecule has 108 valence electrons. The molecule has 0 atom stereocenters. The Labute approximate surface area is 114 Å². The molecule has 0 saturated carbocycles. The van der Waals surface area contributed by atoms with Crippen LogP contribution in [-0.2, 0) is 15.5 Å². The number of hydrogen-bond acceptors (Lipinski definition) is 4. The first-order valence-corrected chi connectivity index (χ1v) is 7.23. The molecule has 0 spiro atoms. The lowest BCUT2D eigenvalue weighted by Crippen LogP contribution is -2.25. The third kappa shape index (κ3) is 2.39. The maximum absolute atomic E-state index is 11.9. The van der Waals surface area contributed by atoms with Crippen LogP contribution in [-0.4, -0.2) is 22.9 Å². The van der Waals surface area contributed by atoms with Crippen molar-refractivity contribution < 1.29 is 13.0 Å². The molecule has 1 aromatic carbocycles. The average Bonchev–Trinajstić information content (AvgIpc) is 2.24. The van der Waals surface area contributed by atoms with Crippen molar-refractivity contribution in [1.82, 2.24) is 9.97 Å². The summed E-state index contributed by atoms with van der Waals surface area (Å²) in [5, 5.41) is -0.250. The van der Waals surface area contributed by atoms with Crippen molar-refractivity contribution in [3.8, 4) is 0 Å². The summed E-state index contributed by atoms with van der Waals surface area (Å²) in [6.07, 6.45) is 0. The van der Waals surface area contributed by atoms with Crippen molar-refractivity contribution in [2.24, 2.45) is 0 Å². The minimum Gasteiger partial charge on any atom is -0.307 e. The molecule has 0 fully saturated rings. The molecule has 0 amide bonds. The van der Waals surface area contributed by atoms with E-state index in [-0.39, 0.29) is 10.9 Å². The summed E-state index contributed by atoms with van der Waals surface area (Å²) in [4.78, 5) is 26.9. The number of rotatable bonds is 1. The zero-order valence-corrected chi connectivity index (χ0v) is 12.0. The van der Waals surface area contributed by atoms with Gasteiger partial charge in [-0.1, -0.05) is 26.8 Å². The molecule has 8 heteroatoms. The highest BCUT2D eigenvalue weighted by atomic mass is 32.2. The van der Waals surface area contributed by atoms with E-state index in [0.717, 1.165) is 0 Å². The van der Waals surface area contributed by atoms with Gasteiger partial charge in [-0.25, -0.2) is 4.79 Å². The Morgan fingerprint density at radius 3 is 2.20 bits per heavy atom. The number of benzene rings is 1. The van der Waals surface area contributed by atoms with Crippen molar-refractivity contribution >= 4 is 21.0 Å². The van der Waals surface area contributed by atoms with E-state index in [1.807, 2.05) is 4.98 Å². The van der Waals surface area contributed by atoms with Gasteiger partial charge in [0.2, 0.25) is 0 Å². The lowest BCUT2D eigenvalue weighted by Gasteiger charge is -2.22. The lowest BCUT2D eigenvalue weighted by atomic mass is 9.86. The maximum Gasteiger partial charge on any atom is 0.326 e. The van der Waals surface area contributed by atoms with Crippen molar-refractivity contribution in [3.63, 3.8) is 0 Å². The van der Waals surface area contributed by atoms with Gasteiger partial charge in [-0.15, -0.1) is 0 Å². The predicted octanol–water partition coefficient (Wildman–Crippen LogP) is 0.761. The molecular formula is C12H14N2O5S. The number of H-pyrrole nitrogens is 2. The standard InChI is InChI=1S/C12H14N2O5S/c1-12(2,3)6-4-5-7-8(9(6)20(17,18)19)10(15)14-11(16)13-7/h4-5H,1-3H3,(H,17,18,19)(H2,13,14,15,16). The van der Waals surface area contributed by atoms with E-state index in [9.17, 15) is 22.6 Å². The Morgan fingerprint density at radius 2 is 1.70 bits per heavy atom. The number of aromatic amines is 2. The largest absolute Gasteiger partial charge is 0.326 e.